The van der Waals surface area contributed by atoms with E-state index in [0.717, 1.165) is 22.3 Å². The molecule has 1 aromatic heterocycles. The lowest BCUT2D eigenvalue weighted by Crippen LogP contribution is -2.00. The molecule has 0 fully saturated rings. The van der Waals surface area contributed by atoms with Crippen LogP contribution in [-0.2, 0) is 0 Å². The molecule has 14 heavy (non-hydrogen) atoms. The molecule has 0 saturated carbocycles. The third-order valence-electron chi connectivity index (χ3n) is 2.12. The lowest BCUT2D eigenvalue weighted by Gasteiger charge is -1.99. The number of fused-ring (bicyclic) bond motifs is 1. The van der Waals surface area contributed by atoms with Crippen LogP contribution in [0.15, 0.2) is 24.3 Å². The van der Waals surface area contributed by atoms with E-state index in [0.29, 0.717) is 0 Å². The van der Waals surface area contributed by atoms with Crippen LogP contribution in [0.2, 0.25) is 0 Å². The lowest BCUT2D eigenvalue weighted by atomic mass is 10.2. The molecule has 2 rings (SSSR count). The van der Waals surface area contributed by atoms with E-state index in [4.69, 9.17) is 0 Å². The number of H-pyrrole nitrogens is 1. The summed E-state index contributed by atoms with van der Waals surface area (Å²) in [5.41, 5.74) is 2.82. The third kappa shape index (κ3) is 1.53. The van der Waals surface area contributed by atoms with Gasteiger partial charge in [-0.05, 0) is 13.0 Å². The van der Waals surface area contributed by atoms with Gasteiger partial charge in [-0.1, -0.05) is 18.2 Å². The van der Waals surface area contributed by atoms with E-state index in [2.05, 4.69) is 26.2 Å². The third-order valence-corrected chi connectivity index (χ3v) is 2.32. The fraction of sp³-hybridized carbons (Fsp3) is 0.100. The second-order valence-electron chi connectivity index (χ2n) is 3.07. The first-order valence-corrected chi connectivity index (χ1v) is 5.01. The number of aromatic nitrogens is 1. The molecule has 0 radical (unpaired) electrons. The number of benzene rings is 1. The standard InChI is InChI=1S/C10H9BrN2O/c1-6-9(13-10(11)14)7-4-2-3-5-8(7)12-6/h2-5,12H,1H3,(H,13,14). The molecule has 72 valence electrons. The van der Waals surface area contributed by atoms with Crippen molar-refractivity contribution >= 4 is 37.3 Å². The van der Waals surface area contributed by atoms with Gasteiger partial charge < -0.3 is 10.3 Å². The van der Waals surface area contributed by atoms with Gasteiger partial charge in [-0.15, -0.1) is 0 Å². The van der Waals surface area contributed by atoms with Gasteiger partial charge in [-0.3, -0.25) is 4.79 Å². The van der Waals surface area contributed by atoms with Gasteiger partial charge in [0.15, 0.2) is 0 Å². The maximum Gasteiger partial charge on any atom is 0.291 e. The highest BCUT2D eigenvalue weighted by molar-refractivity contribution is 9.18. The molecule has 0 spiro atoms. The molecule has 1 amide bonds. The Labute approximate surface area is 89.6 Å². The normalized spacial score (nSPS) is 10.4. The maximum atomic E-state index is 10.9. The molecular formula is C10H9BrN2O. The molecular weight excluding hydrogens is 244 g/mol. The zero-order valence-corrected chi connectivity index (χ0v) is 9.18. The van der Waals surface area contributed by atoms with Crippen LogP contribution >= 0.6 is 15.9 Å². The average molecular weight is 253 g/mol. The highest BCUT2D eigenvalue weighted by Crippen LogP contribution is 2.27. The number of hydrogen-bond donors (Lipinski definition) is 2. The smallest absolute Gasteiger partial charge is 0.291 e. The first-order valence-electron chi connectivity index (χ1n) is 4.22. The summed E-state index contributed by atoms with van der Waals surface area (Å²) in [6.45, 7) is 1.93. The molecule has 0 aliphatic heterocycles. The van der Waals surface area contributed by atoms with Crippen LogP contribution < -0.4 is 5.32 Å². The molecule has 3 nitrogen and oxygen atoms in total. The summed E-state index contributed by atoms with van der Waals surface area (Å²) < 4.78 is 0. The van der Waals surface area contributed by atoms with E-state index in [9.17, 15) is 4.79 Å². The molecule has 0 saturated heterocycles. The van der Waals surface area contributed by atoms with E-state index in [1.54, 1.807) is 0 Å². The zero-order valence-electron chi connectivity index (χ0n) is 7.60. The van der Waals surface area contributed by atoms with Crippen molar-refractivity contribution in [3.63, 3.8) is 0 Å². The van der Waals surface area contributed by atoms with Crippen LogP contribution in [0, 0.1) is 6.92 Å². The number of carbonyl (C=O) groups is 1. The molecule has 1 aromatic carbocycles. The van der Waals surface area contributed by atoms with Gasteiger partial charge in [-0.25, -0.2) is 0 Å². The molecule has 0 aliphatic carbocycles. The van der Waals surface area contributed by atoms with Crippen molar-refractivity contribution in [3.05, 3.63) is 30.0 Å². The van der Waals surface area contributed by atoms with Gasteiger partial charge in [-0.2, -0.15) is 0 Å². The summed E-state index contributed by atoms with van der Waals surface area (Å²) in [7, 11) is 0. The number of anilines is 1. The lowest BCUT2D eigenvalue weighted by molar-refractivity contribution is 0.270. The van der Waals surface area contributed by atoms with Gasteiger partial charge in [0, 0.05) is 32.5 Å². The Hall–Kier alpha value is -1.29. The predicted octanol–water partition coefficient (Wildman–Crippen LogP) is 3.40. The Balaban J connectivity index is 2.62. The van der Waals surface area contributed by atoms with Gasteiger partial charge >= 0.3 is 0 Å². The van der Waals surface area contributed by atoms with Crippen molar-refractivity contribution in [2.24, 2.45) is 0 Å². The Morgan fingerprint density at radius 1 is 1.43 bits per heavy atom. The van der Waals surface area contributed by atoms with Crippen molar-refractivity contribution in [2.45, 2.75) is 6.92 Å². The topological polar surface area (TPSA) is 44.9 Å². The first-order chi connectivity index (χ1) is 6.68. The van der Waals surface area contributed by atoms with Gasteiger partial charge in [0.2, 0.25) is 0 Å². The predicted molar refractivity (Wildman–Crippen MR) is 61.0 cm³/mol. The van der Waals surface area contributed by atoms with Crippen LogP contribution in [0.4, 0.5) is 10.5 Å². The highest BCUT2D eigenvalue weighted by atomic mass is 79.9. The molecule has 1 heterocycles. The quantitative estimate of drug-likeness (QED) is 0.593. The van der Waals surface area contributed by atoms with Crippen LogP contribution in [0.5, 0.6) is 0 Å². The summed E-state index contributed by atoms with van der Waals surface area (Å²) in [6.07, 6.45) is 0. The number of nitrogens with one attached hydrogen (secondary N) is 2. The summed E-state index contributed by atoms with van der Waals surface area (Å²) >= 11 is 2.85. The van der Waals surface area contributed by atoms with Crippen LogP contribution in [0.25, 0.3) is 10.9 Å². The van der Waals surface area contributed by atoms with Crippen LogP contribution in [0.3, 0.4) is 0 Å². The number of halogens is 1. The van der Waals surface area contributed by atoms with Gasteiger partial charge in [0.1, 0.15) is 0 Å². The highest BCUT2D eigenvalue weighted by Gasteiger charge is 2.08. The molecule has 0 atom stereocenters. The summed E-state index contributed by atoms with van der Waals surface area (Å²) in [5.74, 6) is 0. The number of para-hydroxylation sites is 1. The minimum atomic E-state index is -0.231. The Morgan fingerprint density at radius 3 is 2.86 bits per heavy atom. The average Bonchev–Trinajstić information content (AvgIpc) is 2.43. The fourth-order valence-electron chi connectivity index (χ4n) is 1.54. The molecule has 0 unspecified atom stereocenters. The van der Waals surface area contributed by atoms with Crippen molar-refractivity contribution in [1.29, 1.82) is 0 Å². The number of amides is 1. The largest absolute Gasteiger partial charge is 0.357 e. The van der Waals surface area contributed by atoms with E-state index in [-0.39, 0.29) is 4.82 Å². The van der Waals surface area contributed by atoms with E-state index < -0.39 is 0 Å². The van der Waals surface area contributed by atoms with E-state index in [1.165, 1.54) is 0 Å². The fourth-order valence-corrected chi connectivity index (χ4v) is 1.73. The first kappa shape index (κ1) is 9.27. The number of aryl methyl sites for hydroxylation is 1. The summed E-state index contributed by atoms with van der Waals surface area (Å²) in [4.78, 5) is 13.9. The minimum absolute atomic E-state index is 0.231. The maximum absolute atomic E-state index is 10.9. The SMILES string of the molecule is Cc1[nH]c2ccccc2c1NC(=O)Br. The van der Waals surface area contributed by atoms with Gasteiger partial charge in [0.25, 0.3) is 4.82 Å². The summed E-state index contributed by atoms with van der Waals surface area (Å²) in [6, 6.07) is 7.85. The Kier molecular flexibility index (Phi) is 2.29. The molecule has 2 aromatic rings. The second-order valence-corrected chi connectivity index (χ2v) is 3.79. The second kappa shape index (κ2) is 3.46. The number of hydrogen-bond acceptors (Lipinski definition) is 1. The van der Waals surface area contributed by atoms with Crippen LogP contribution in [-0.4, -0.2) is 9.80 Å². The monoisotopic (exact) mass is 252 g/mol. The van der Waals surface area contributed by atoms with Gasteiger partial charge in [0.05, 0.1) is 5.69 Å². The Bertz CT molecular complexity index is 490. The minimum Gasteiger partial charge on any atom is -0.357 e. The molecule has 0 aliphatic rings. The number of carbonyl (C=O) groups excluding carboxylic acids is 1. The molecule has 4 heteroatoms. The van der Waals surface area contributed by atoms with Crippen molar-refractivity contribution < 1.29 is 4.79 Å². The van der Waals surface area contributed by atoms with Crippen molar-refractivity contribution in [3.8, 4) is 0 Å². The summed E-state index contributed by atoms with van der Waals surface area (Å²) in [5, 5.41) is 3.77. The van der Waals surface area contributed by atoms with E-state index in [1.807, 2.05) is 31.2 Å². The zero-order chi connectivity index (χ0) is 10.1. The molecule has 0 bridgehead atoms. The van der Waals surface area contributed by atoms with Crippen molar-refractivity contribution in [2.75, 3.05) is 5.32 Å². The van der Waals surface area contributed by atoms with E-state index >= 15 is 0 Å². The number of rotatable bonds is 1. The van der Waals surface area contributed by atoms with Crippen LogP contribution in [0.1, 0.15) is 5.69 Å². The van der Waals surface area contributed by atoms with Crippen molar-refractivity contribution in [1.82, 2.24) is 4.98 Å². The molecule has 2 N–H and O–H groups in total. The number of aromatic amines is 1. The Morgan fingerprint density at radius 2 is 2.14 bits per heavy atom.